The van der Waals surface area contributed by atoms with Crippen LogP contribution in [0.15, 0.2) is 35.4 Å². The van der Waals surface area contributed by atoms with E-state index in [0.29, 0.717) is 0 Å². The maximum Gasteiger partial charge on any atom is 0.164 e. The first kappa shape index (κ1) is 19.1. The summed E-state index contributed by atoms with van der Waals surface area (Å²) in [5, 5.41) is 1.67. The quantitative estimate of drug-likeness (QED) is 0.295. The Balaban J connectivity index is 1.56. The van der Waals surface area contributed by atoms with E-state index < -0.39 is 0 Å². The highest BCUT2D eigenvalue weighted by Gasteiger charge is 2.15. The fraction of sp³-hybridized carbons (Fsp3) is 0.444. The number of aryl methyl sites for hydroxylation is 2. The molecule has 0 amide bonds. The molecule has 0 saturated heterocycles. The molecular weight excluding hydrogens is 392 g/mol. The van der Waals surface area contributed by atoms with Crippen molar-refractivity contribution in [2.75, 3.05) is 0 Å². The van der Waals surface area contributed by atoms with Crippen LogP contribution in [0.1, 0.15) is 39.5 Å². The summed E-state index contributed by atoms with van der Waals surface area (Å²) in [4.78, 5) is 26.8. The minimum absolute atomic E-state index is 0.829. The highest BCUT2D eigenvalue weighted by molar-refractivity contribution is 8.76. The second-order valence-electron chi connectivity index (χ2n) is 6.45. The largest absolute Gasteiger partial charge is 0.315 e. The molecule has 4 aromatic heterocycles. The van der Waals surface area contributed by atoms with E-state index in [1.165, 1.54) is 21.6 Å². The zero-order chi connectivity index (χ0) is 19.3. The number of aromatic nitrogens is 8. The van der Waals surface area contributed by atoms with Crippen LogP contribution in [0.2, 0.25) is 0 Å². The van der Waals surface area contributed by atoms with Crippen LogP contribution in [0.5, 0.6) is 0 Å². The fourth-order valence-corrected chi connectivity index (χ4v) is 4.89. The number of unbranched alkanes of at least 4 members (excludes halogenated alkanes) is 2. The number of nitrogens with zero attached hydrogens (tertiary/aromatic N) is 8. The van der Waals surface area contributed by atoms with Gasteiger partial charge in [0.15, 0.2) is 11.3 Å². The molecule has 0 fully saturated rings. The van der Waals surface area contributed by atoms with Crippen LogP contribution in [0.25, 0.3) is 22.3 Å². The van der Waals surface area contributed by atoms with E-state index in [0.717, 1.165) is 71.2 Å². The monoisotopic (exact) mass is 414 g/mol. The van der Waals surface area contributed by atoms with E-state index >= 15 is 0 Å². The molecule has 10 heteroatoms. The Morgan fingerprint density at radius 2 is 1.14 bits per heavy atom. The fourth-order valence-electron chi connectivity index (χ4n) is 2.90. The SMILES string of the molecule is CCCCn1cnc2c(SSc3ncnc4c3ncn4CCCC)ncnc21. The van der Waals surface area contributed by atoms with Crippen molar-refractivity contribution in [1.82, 2.24) is 39.0 Å². The van der Waals surface area contributed by atoms with Crippen molar-refractivity contribution in [1.29, 1.82) is 0 Å². The van der Waals surface area contributed by atoms with Crippen LogP contribution < -0.4 is 0 Å². The molecule has 0 radical (unpaired) electrons. The number of fused-ring (bicyclic) bond motifs is 2. The molecule has 28 heavy (non-hydrogen) atoms. The maximum atomic E-state index is 4.54. The van der Waals surface area contributed by atoms with Crippen molar-refractivity contribution < 1.29 is 0 Å². The summed E-state index contributed by atoms with van der Waals surface area (Å²) in [5.41, 5.74) is 3.41. The summed E-state index contributed by atoms with van der Waals surface area (Å²) < 4.78 is 4.18. The van der Waals surface area contributed by atoms with Crippen LogP contribution in [-0.2, 0) is 13.1 Å². The third kappa shape index (κ3) is 3.83. The van der Waals surface area contributed by atoms with Gasteiger partial charge in [0.05, 0.1) is 12.7 Å². The van der Waals surface area contributed by atoms with E-state index in [-0.39, 0.29) is 0 Å². The molecule has 0 aliphatic carbocycles. The molecule has 0 spiro atoms. The Morgan fingerprint density at radius 3 is 1.57 bits per heavy atom. The Kier molecular flexibility index (Phi) is 6.06. The lowest BCUT2D eigenvalue weighted by Gasteiger charge is -2.04. The molecule has 0 N–H and O–H groups in total. The van der Waals surface area contributed by atoms with E-state index in [2.05, 4.69) is 52.9 Å². The molecule has 4 aromatic rings. The molecule has 0 aromatic carbocycles. The van der Waals surface area contributed by atoms with Crippen LogP contribution in [0, 0.1) is 0 Å². The summed E-state index contributed by atoms with van der Waals surface area (Å²) in [6.07, 6.45) is 11.4. The van der Waals surface area contributed by atoms with E-state index in [1.807, 2.05) is 12.7 Å². The molecule has 4 rings (SSSR count). The summed E-state index contributed by atoms with van der Waals surface area (Å²) in [6.45, 7) is 6.20. The Morgan fingerprint density at radius 1 is 0.679 bits per heavy atom. The lowest BCUT2D eigenvalue weighted by molar-refractivity contribution is 0.641. The first-order valence-corrected chi connectivity index (χ1v) is 11.6. The van der Waals surface area contributed by atoms with E-state index in [1.54, 1.807) is 12.7 Å². The molecule has 4 heterocycles. The lowest BCUT2D eigenvalue weighted by Crippen LogP contribution is -1.98. The van der Waals surface area contributed by atoms with Crippen molar-refractivity contribution in [2.24, 2.45) is 0 Å². The second kappa shape index (κ2) is 8.87. The zero-order valence-electron chi connectivity index (χ0n) is 15.9. The van der Waals surface area contributed by atoms with Gasteiger partial charge < -0.3 is 9.13 Å². The smallest absolute Gasteiger partial charge is 0.164 e. The molecule has 0 atom stereocenters. The third-order valence-electron chi connectivity index (χ3n) is 4.44. The molecule has 0 saturated carbocycles. The average Bonchev–Trinajstić information content (AvgIpc) is 3.33. The van der Waals surface area contributed by atoms with Gasteiger partial charge in [0.1, 0.15) is 33.7 Å². The summed E-state index contributed by atoms with van der Waals surface area (Å²) in [5.74, 6) is 0. The number of hydrogen-bond donors (Lipinski definition) is 0. The molecule has 0 bridgehead atoms. The average molecular weight is 415 g/mol. The predicted molar refractivity (Wildman–Crippen MR) is 112 cm³/mol. The van der Waals surface area contributed by atoms with Crippen molar-refractivity contribution >= 4 is 43.9 Å². The van der Waals surface area contributed by atoms with Gasteiger partial charge in [-0.2, -0.15) is 0 Å². The van der Waals surface area contributed by atoms with Gasteiger partial charge in [-0.15, -0.1) is 0 Å². The van der Waals surface area contributed by atoms with Crippen LogP contribution in [0.3, 0.4) is 0 Å². The van der Waals surface area contributed by atoms with Crippen molar-refractivity contribution in [3.8, 4) is 0 Å². The summed E-state index contributed by atoms with van der Waals surface area (Å²) >= 11 is 0. The van der Waals surface area contributed by atoms with Crippen molar-refractivity contribution in [3.05, 3.63) is 25.3 Å². The number of imidazole rings is 2. The molecule has 0 aliphatic heterocycles. The zero-order valence-corrected chi connectivity index (χ0v) is 17.6. The Labute approximate surface area is 171 Å². The minimum atomic E-state index is 0.829. The number of rotatable bonds is 9. The molecule has 8 nitrogen and oxygen atoms in total. The van der Waals surface area contributed by atoms with Gasteiger partial charge in [0.25, 0.3) is 0 Å². The van der Waals surface area contributed by atoms with Gasteiger partial charge in [0.2, 0.25) is 0 Å². The van der Waals surface area contributed by atoms with E-state index in [4.69, 9.17) is 0 Å². The standard InChI is InChI=1S/C18H22N8S2/c1-3-5-7-25-11-23-13-15(25)19-9-21-17(13)27-28-18-14-16(20-10-22-18)26(12-24-14)8-6-4-2/h9-12H,3-8H2,1-2H3. The van der Waals surface area contributed by atoms with Gasteiger partial charge in [0, 0.05) is 13.1 Å². The van der Waals surface area contributed by atoms with Gasteiger partial charge in [-0.1, -0.05) is 26.7 Å². The lowest BCUT2D eigenvalue weighted by atomic mass is 10.3. The number of hydrogen-bond acceptors (Lipinski definition) is 8. The Bertz CT molecular complexity index is 988. The van der Waals surface area contributed by atoms with Gasteiger partial charge in [-0.25, -0.2) is 29.9 Å². The summed E-state index contributed by atoms with van der Waals surface area (Å²) in [7, 11) is 3.06. The third-order valence-corrected chi connectivity index (χ3v) is 6.63. The first-order valence-electron chi connectivity index (χ1n) is 9.48. The van der Waals surface area contributed by atoms with E-state index in [9.17, 15) is 0 Å². The highest BCUT2D eigenvalue weighted by atomic mass is 33.1. The Hall–Kier alpha value is -2.20. The maximum absolute atomic E-state index is 4.54. The first-order chi connectivity index (χ1) is 13.8. The van der Waals surface area contributed by atoms with Crippen LogP contribution in [0.4, 0.5) is 0 Å². The predicted octanol–water partition coefficient (Wildman–Crippen LogP) is 4.37. The highest BCUT2D eigenvalue weighted by Crippen LogP contribution is 2.39. The van der Waals surface area contributed by atoms with Gasteiger partial charge in [-0.3, -0.25) is 0 Å². The molecule has 146 valence electrons. The second-order valence-corrected chi connectivity index (χ2v) is 8.56. The summed E-state index contributed by atoms with van der Waals surface area (Å²) in [6, 6.07) is 0. The van der Waals surface area contributed by atoms with Crippen molar-refractivity contribution in [3.63, 3.8) is 0 Å². The van der Waals surface area contributed by atoms with Crippen LogP contribution in [-0.4, -0.2) is 39.0 Å². The van der Waals surface area contributed by atoms with Gasteiger partial charge >= 0.3 is 0 Å². The minimum Gasteiger partial charge on any atom is -0.315 e. The normalized spacial score (nSPS) is 11.6. The van der Waals surface area contributed by atoms with Crippen molar-refractivity contribution in [2.45, 2.75) is 62.7 Å². The molecular formula is C18H22N8S2. The van der Waals surface area contributed by atoms with Crippen LogP contribution >= 0.6 is 21.6 Å². The molecule has 0 unspecified atom stereocenters. The topological polar surface area (TPSA) is 87.2 Å². The van der Waals surface area contributed by atoms with Gasteiger partial charge in [-0.05, 0) is 34.4 Å². The molecule has 0 aliphatic rings.